The lowest BCUT2D eigenvalue weighted by Crippen LogP contribution is -2.13. The molecule has 0 radical (unpaired) electrons. The number of halogens is 1. The number of carbonyl (C=O) groups is 1. The number of ether oxygens (including phenoxy) is 3. The summed E-state index contributed by atoms with van der Waals surface area (Å²) < 4.78 is 20.5. The van der Waals surface area contributed by atoms with Gasteiger partial charge in [-0.05, 0) is 61.9 Å². The van der Waals surface area contributed by atoms with Crippen LogP contribution in [0, 0.1) is 20.8 Å². The number of hydrogen-bond acceptors (Lipinski definition) is 6. The van der Waals surface area contributed by atoms with Crippen LogP contribution < -0.4 is 4.74 Å². The van der Waals surface area contributed by atoms with E-state index in [1.54, 1.807) is 7.11 Å². The third kappa shape index (κ3) is 5.38. The highest BCUT2D eigenvalue weighted by atomic mass is 35.5. The van der Waals surface area contributed by atoms with Gasteiger partial charge in [-0.15, -0.1) is 0 Å². The van der Waals surface area contributed by atoms with Crippen LogP contribution in [0.4, 0.5) is 0 Å². The van der Waals surface area contributed by atoms with Crippen molar-refractivity contribution in [1.82, 2.24) is 14.3 Å². The maximum absolute atomic E-state index is 13.1. The number of aryl methyl sites for hydroxylation is 3. The van der Waals surface area contributed by atoms with E-state index in [1.165, 1.54) is 7.11 Å². The van der Waals surface area contributed by atoms with Gasteiger partial charge in [0.2, 0.25) is 0 Å². The number of benzene rings is 3. The van der Waals surface area contributed by atoms with Gasteiger partial charge in [-0.25, -0.2) is 4.79 Å². The molecule has 0 atom stereocenters. The van der Waals surface area contributed by atoms with E-state index in [-0.39, 0.29) is 6.61 Å². The van der Waals surface area contributed by atoms with Crippen LogP contribution in [0.3, 0.4) is 0 Å². The molecule has 42 heavy (non-hydrogen) atoms. The van der Waals surface area contributed by atoms with E-state index in [9.17, 15) is 9.90 Å². The van der Waals surface area contributed by atoms with Crippen molar-refractivity contribution < 1.29 is 24.1 Å². The minimum absolute atomic E-state index is 0.253. The summed E-state index contributed by atoms with van der Waals surface area (Å²) in [6.45, 7) is 7.67. The van der Waals surface area contributed by atoms with Gasteiger partial charge < -0.3 is 23.9 Å². The van der Waals surface area contributed by atoms with Gasteiger partial charge in [-0.3, -0.25) is 4.68 Å². The molecule has 0 unspecified atom stereocenters. The molecule has 1 N–H and O–H groups in total. The quantitative estimate of drug-likeness (QED) is 0.137. The van der Waals surface area contributed by atoms with Crippen LogP contribution in [0.25, 0.3) is 32.8 Å². The average Bonchev–Trinajstić information content (AvgIpc) is 3.46. The van der Waals surface area contributed by atoms with E-state index in [4.69, 9.17) is 25.8 Å². The lowest BCUT2D eigenvalue weighted by Gasteiger charge is -2.13. The molecule has 0 bridgehead atoms. The van der Waals surface area contributed by atoms with Gasteiger partial charge in [-0.2, -0.15) is 5.10 Å². The van der Waals surface area contributed by atoms with Crippen LogP contribution in [-0.2, 0) is 29.2 Å². The Bertz CT molecular complexity index is 1770. The molecule has 0 saturated heterocycles. The maximum Gasteiger partial charge on any atom is 0.354 e. The normalized spacial score (nSPS) is 11.5. The molecule has 0 spiro atoms. The lowest BCUT2D eigenvalue weighted by molar-refractivity contribution is 0.0587. The fourth-order valence-corrected chi connectivity index (χ4v) is 6.08. The number of hydrogen-bond donors (Lipinski definition) is 1. The molecule has 5 aromatic rings. The van der Waals surface area contributed by atoms with Gasteiger partial charge >= 0.3 is 5.97 Å². The Morgan fingerprint density at radius 1 is 1.00 bits per heavy atom. The maximum atomic E-state index is 13.1. The molecule has 0 aliphatic heterocycles. The first-order valence-corrected chi connectivity index (χ1v) is 14.4. The van der Waals surface area contributed by atoms with Crippen LogP contribution in [0.2, 0.25) is 5.02 Å². The highest BCUT2D eigenvalue weighted by Crippen LogP contribution is 2.42. The number of methoxy groups -OCH3 is 2. The smallest absolute Gasteiger partial charge is 0.354 e. The van der Waals surface area contributed by atoms with Crippen molar-refractivity contribution in [3.05, 3.63) is 81.8 Å². The number of rotatable bonds is 11. The van der Waals surface area contributed by atoms with E-state index in [0.29, 0.717) is 49.1 Å². The predicted octanol–water partition coefficient (Wildman–Crippen LogP) is 6.63. The number of carbonyl (C=O) groups excluding carboxylic acids is 1. The molecular weight excluding hydrogens is 554 g/mol. The van der Waals surface area contributed by atoms with E-state index in [0.717, 1.165) is 55.4 Å². The van der Waals surface area contributed by atoms with Crippen molar-refractivity contribution in [2.75, 3.05) is 27.4 Å². The van der Waals surface area contributed by atoms with Crippen molar-refractivity contribution in [3.8, 4) is 16.9 Å². The lowest BCUT2D eigenvalue weighted by atomic mass is 9.97. The van der Waals surface area contributed by atoms with E-state index < -0.39 is 5.97 Å². The second-order valence-corrected chi connectivity index (χ2v) is 10.8. The fourth-order valence-electron chi connectivity index (χ4n) is 5.83. The highest BCUT2D eigenvalue weighted by Gasteiger charge is 2.27. The van der Waals surface area contributed by atoms with Crippen LogP contribution in [-0.4, -0.2) is 52.9 Å². The molecule has 9 heteroatoms. The van der Waals surface area contributed by atoms with Gasteiger partial charge in [0.25, 0.3) is 0 Å². The van der Waals surface area contributed by atoms with Crippen LogP contribution in [0.1, 0.15) is 39.4 Å². The number of fused-ring (bicyclic) bond motifs is 2. The average molecular weight is 590 g/mol. The predicted molar refractivity (Wildman–Crippen MR) is 166 cm³/mol. The number of esters is 1. The topological polar surface area (TPSA) is 87.7 Å². The van der Waals surface area contributed by atoms with Gasteiger partial charge in [0.1, 0.15) is 11.4 Å². The van der Waals surface area contributed by atoms with E-state index >= 15 is 0 Å². The summed E-state index contributed by atoms with van der Waals surface area (Å²) in [4.78, 5) is 13.1. The molecule has 8 nitrogen and oxygen atoms in total. The molecular formula is C33H36ClN3O5. The monoisotopic (exact) mass is 589 g/mol. The minimum atomic E-state index is -0.425. The Hall–Kier alpha value is -3.85. The third-order valence-corrected chi connectivity index (χ3v) is 8.05. The molecule has 220 valence electrons. The van der Waals surface area contributed by atoms with Crippen LogP contribution in [0.5, 0.6) is 5.75 Å². The largest absolute Gasteiger partial charge is 0.493 e. The Kier molecular flexibility index (Phi) is 8.87. The summed E-state index contributed by atoms with van der Waals surface area (Å²) in [5.74, 6) is 0.421. The first-order valence-electron chi connectivity index (χ1n) is 14.0. The highest BCUT2D eigenvalue weighted by molar-refractivity contribution is 6.35. The minimum Gasteiger partial charge on any atom is -0.493 e. The van der Waals surface area contributed by atoms with E-state index in [2.05, 4.69) is 36.3 Å². The van der Waals surface area contributed by atoms with Crippen LogP contribution in [0.15, 0.2) is 48.5 Å². The second-order valence-electron chi connectivity index (χ2n) is 10.4. The summed E-state index contributed by atoms with van der Waals surface area (Å²) >= 11 is 6.87. The zero-order chi connectivity index (χ0) is 30.0. The summed E-state index contributed by atoms with van der Waals surface area (Å²) in [6.07, 6.45) is 0.656. The molecule has 0 amide bonds. The van der Waals surface area contributed by atoms with Gasteiger partial charge in [0.05, 0.1) is 39.2 Å². The van der Waals surface area contributed by atoms with Crippen molar-refractivity contribution >= 4 is 39.2 Å². The Balaban J connectivity index is 1.54. The standard InChI is InChI=1S/C33H36ClN3O5/c1-20-17-23-9-6-7-10-24(23)28(18-20)42-15-8-13-36-27-12-11-25(34)31(29(27)21(2)32(36)33(39)41-5)30-22(3)37(14-16-40-4)35-26(30)19-38/h6-7,9-12,17-18,38H,8,13-16,19H2,1-5H3. The molecule has 3 aromatic carbocycles. The number of aliphatic hydroxyl groups is 1. The van der Waals surface area contributed by atoms with Gasteiger partial charge in [0, 0.05) is 51.8 Å². The van der Waals surface area contributed by atoms with Crippen molar-refractivity contribution in [2.45, 2.75) is 46.9 Å². The molecule has 0 aliphatic carbocycles. The number of nitrogens with zero attached hydrogens (tertiary/aromatic N) is 3. The second kappa shape index (κ2) is 12.6. The first-order chi connectivity index (χ1) is 20.3. The molecule has 2 heterocycles. The Morgan fingerprint density at radius 3 is 2.52 bits per heavy atom. The van der Waals surface area contributed by atoms with Crippen molar-refractivity contribution in [1.29, 1.82) is 0 Å². The first kappa shape index (κ1) is 29.6. The molecule has 0 aliphatic rings. The molecule has 0 saturated carbocycles. The van der Waals surface area contributed by atoms with E-state index in [1.807, 2.05) is 47.4 Å². The molecule has 2 aromatic heterocycles. The van der Waals surface area contributed by atoms with Crippen molar-refractivity contribution in [3.63, 3.8) is 0 Å². The Labute approximate surface area is 250 Å². The van der Waals surface area contributed by atoms with Gasteiger partial charge in [0.15, 0.2) is 0 Å². The Morgan fingerprint density at radius 2 is 1.79 bits per heavy atom. The zero-order valence-corrected chi connectivity index (χ0v) is 25.4. The summed E-state index contributed by atoms with van der Waals surface area (Å²) in [5.41, 5.74) is 6.08. The number of aromatic nitrogens is 3. The fraction of sp³-hybridized carbons (Fsp3) is 0.333. The zero-order valence-electron chi connectivity index (χ0n) is 24.7. The SMILES string of the molecule is COCCn1nc(CO)c(-c2c(Cl)ccc3c2c(C)c(C(=O)OC)n3CCCOc2cc(C)cc3ccccc23)c1C. The summed E-state index contributed by atoms with van der Waals surface area (Å²) in [6, 6.07) is 16.1. The summed E-state index contributed by atoms with van der Waals surface area (Å²) in [7, 11) is 3.02. The molecule has 5 rings (SSSR count). The van der Waals surface area contributed by atoms with Crippen LogP contribution >= 0.6 is 11.6 Å². The van der Waals surface area contributed by atoms with Gasteiger partial charge in [-0.1, -0.05) is 41.9 Å². The third-order valence-electron chi connectivity index (χ3n) is 7.74. The summed E-state index contributed by atoms with van der Waals surface area (Å²) in [5, 5.41) is 18.4. The molecule has 0 fully saturated rings. The van der Waals surface area contributed by atoms with Crippen molar-refractivity contribution in [2.24, 2.45) is 0 Å². The number of aliphatic hydroxyl groups excluding tert-OH is 1.